The Morgan fingerprint density at radius 2 is 1.46 bits per heavy atom. The fourth-order valence-corrected chi connectivity index (χ4v) is 4.51. The first kappa shape index (κ1) is 11.2. The van der Waals surface area contributed by atoms with E-state index in [4.69, 9.17) is 9.47 Å². The van der Waals surface area contributed by atoms with E-state index >= 15 is 0 Å². The van der Waals surface area contributed by atoms with Crippen molar-refractivity contribution in [3.05, 3.63) is 0 Å². The Hall–Kier alpha value is 0.150. The highest BCUT2D eigenvalue weighted by atomic mass is 31.2. The lowest BCUT2D eigenvalue weighted by molar-refractivity contribution is 0.0220. The number of hydrogen-bond acceptors (Lipinski definition) is 3. The fraction of sp³-hybridized carbons (Fsp3) is 1.00. The van der Waals surface area contributed by atoms with E-state index in [-0.39, 0.29) is 11.3 Å². The molecule has 1 fully saturated rings. The van der Waals surface area contributed by atoms with Gasteiger partial charge in [-0.2, -0.15) is 0 Å². The standard InChI is InChI=1S/C9H19O3P/c1-7(2)13(10,8(3)4)9-11-5-6-12-9/h7-9H,5-6H2,1-4H3. The van der Waals surface area contributed by atoms with Gasteiger partial charge in [0, 0.05) is 11.3 Å². The maximum atomic E-state index is 12.6. The predicted octanol–water partition coefficient (Wildman–Crippen LogP) is 2.50. The van der Waals surface area contributed by atoms with Gasteiger partial charge in [0.05, 0.1) is 13.2 Å². The van der Waals surface area contributed by atoms with Gasteiger partial charge >= 0.3 is 0 Å². The van der Waals surface area contributed by atoms with Crippen LogP contribution in [0.4, 0.5) is 0 Å². The van der Waals surface area contributed by atoms with Crippen molar-refractivity contribution in [1.82, 2.24) is 0 Å². The summed E-state index contributed by atoms with van der Waals surface area (Å²) in [5.74, 6) is 0. The van der Waals surface area contributed by atoms with Gasteiger partial charge in [0.15, 0.2) is 0 Å². The molecule has 0 radical (unpaired) electrons. The second kappa shape index (κ2) is 4.12. The lowest BCUT2D eigenvalue weighted by atomic mass is 10.5. The van der Waals surface area contributed by atoms with Crippen LogP contribution in [0.3, 0.4) is 0 Å². The van der Waals surface area contributed by atoms with Gasteiger partial charge in [0.2, 0.25) is 6.03 Å². The molecule has 0 aromatic rings. The molecule has 1 rings (SSSR count). The first-order valence-corrected chi connectivity index (χ1v) is 6.73. The summed E-state index contributed by atoms with van der Waals surface area (Å²) in [6.07, 6.45) is 0. The largest absolute Gasteiger partial charge is 0.344 e. The van der Waals surface area contributed by atoms with Crippen LogP contribution in [0.25, 0.3) is 0 Å². The molecule has 0 spiro atoms. The maximum absolute atomic E-state index is 12.6. The minimum Gasteiger partial charge on any atom is -0.344 e. The minimum atomic E-state index is -2.36. The molecule has 0 aromatic carbocycles. The summed E-state index contributed by atoms with van der Waals surface area (Å²) in [5.41, 5.74) is 0.270. The van der Waals surface area contributed by atoms with E-state index in [1.54, 1.807) is 0 Å². The van der Waals surface area contributed by atoms with Gasteiger partial charge in [0.1, 0.15) is 7.14 Å². The van der Waals surface area contributed by atoms with Crippen LogP contribution in [-0.4, -0.2) is 30.6 Å². The van der Waals surface area contributed by atoms with Gasteiger partial charge in [-0.05, 0) is 0 Å². The highest BCUT2D eigenvalue weighted by molar-refractivity contribution is 7.65. The van der Waals surface area contributed by atoms with Crippen molar-refractivity contribution >= 4 is 7.14 Å². The Morgan fingerprint density at radius 3 is 1.77 bits per heavy atom. The molecule has 0 bridgehead atoms. The van der Waals surface area contributed by atoms with Crippen LogP contribution in [0.5, 0.6) is 0 Å². The van der Waals surface area contributed by atoms with E-state index < -0.39 is 13.2 Å². The summed E-state index contributed by atoms with van der Waals surface area (Å²) in [6, 6.07) is -0.451. The first-order chi connectivity index (χ1) is 5.99. The third-order valence-corrected chi connectivity index (χ3v) is 6.73. The zero-order chi connectivity index (χ0) is 10.1. The second-order valence-corrected chi connectivity index (χ2v) is 8.01. The SMILES string of the molecule is CC(C)P(=O)(C(C)C)C1OCCO1. The molecule has 0 amide bonds. The predicted molar refractivity (Wildman–Crippen MR) is 53.6 cm³/mol. The monoisotopic (exact) mass is 206 g/mol. The molecule has 0 atom stereocenters. The average molecular weight is 206 g/mol. The Kier molecular flexibility index (Phi) is 3.56. The molecule has 4 heteroatoms. The van der Waals surface area contributed by atoms with Gasteiger partial charge in [0.25, 0.3) is 0 Å². The minimum absolute atomic E-state index is 0.135. The van der Waals surface area contributed by atoms with Gasteiger partial charge in [-0.15, -0.1) is 0 Å². The van der Waals surface area contributed by atoms with Crippen molar-refractivity contribution in [3.8, 4) is 0 Å². The van der Waals surface area contributed by atoms with Crippen LogP contribution in [0.2, 0.25) is 0 Å². The van der Waals surface area contributed by atoms with Crippen LogP contribution in [-0.2, 0) is 14.0 Å². The van der Waals surface area contributed by atoms with E-state index in [9.17, 15) is 4.57 Å². The number of hydrogen-bond donors (Lipinski definition) is 0. The van der Waals surface area contributed by atoms with Crippen molar-refractivity contribution in [2.45, 2.75) is 45.0 Å². The number of rotatable bonds is 3. The van der Waals surface area contributed by atoms with E-state index in [1.165, 1.54) is 0 Å². The lowest BCUT2D eigenvalue weighted by Gasteiger charge is -2.29. The fourth-order valence-electron chi connectivity index (χ4n) is 1.66. The molecule has 78 valence electrons. The molecule has 0 unspecified atom stereocenters. The van der Waals surface area contributed by atoms with Crippen molar-refractivity contribution in [3.63, 3.8) is 0 Å². The zero-order valence-corrected chi connectivity index (χ0v) is 9.71. The highest BCUT2D eigenvalue weighted by Crippen LogP contribution is 2.60. The Bertz CT molecular complexity index is 195. The lowest BCUT2D eigenvalue weighted by Crippen LogP contribution is -2.21. The molecular formula is C9H19O3P. The van der Waals surface area contributed by atoms with Crippen LogP contribution in [0.1, 0.15) is 27.7 Å². The van der Waals surface area contributed by atoms with Crippen LogP contribution < -0.4 is 0 Å². The van der Waals surface area contributed by atoms with E-state index in [0.717, 1.165) is 0 Å². The summed E-state index contributed by atoms with van der Waals surface area (Å²) in [6.45, 7) is 9.07. The third-order valence-electron chi connectivity index (χ3n) is 2.55. The Morgan fingerprint density at radius 1 is 1.08 bits per heavy atom. The van der Waals surface area contributed by atoms with E-state index in [1.807, 2.05) is 27.7 Å². The van der Waals surface area contributed by atoms with Gasteiger partial charge < -0.3 is 14.0 Å². The van der Waals surface area contributed by atoms with Crippen molar-refractivity contribution < 1.29 is 14.0 Å². The number of ether oxygens (including phenoxy) is 2. The van der Waals surface area contributed by atoms with E-state index in [2.05, 4.69) is 0 Å². The first-order valence-electron chi connectivity index (χ1n) is 4.82. The Labute approximate surface area is 80.2 Å². The normalized spacial score (nSPS) is 20.5. The zero-order valence-electron chi connectivity index (χ0n) is 8.82. The van der Waals surface area contributed by atoms with Crippen LogP contribution in [0, 0.1) is 0 Å². The molecule has 1 aliphatic heterocycles. The molecule has 0 aliphatic carbocycles. The highest BCUT2D eigenvalue weighted by Gasteiger charge is 2.42. The third kappa shape index (κ3) is 1.98. The molecule has 13 heavy (non-hydrogen) atoms. The topological polar surface area (TPSA) is 35.5 Å². The smallest absolute Gasteiger partial charge is 0.211 e. The molecule has 1 aliphatic rings. The van der Waals surface area contributed by atoms with Gasteiger partial charge in [-0.3, -0.25) is 0 Å². The molecule has 0 N–H and O–H groups in total. The van der Waals surface area contributed by atoms with E-state index in [0.29, 0.717) is 13.2 Å². The average Bonchev–Trinajstić information content (AvgIpc) is 2.54. The summed E-state index contributed by atoms with van der Waals surface area (Å²) < 4.78 is 23.3. The molecule has 1 saturated heterocycles. The molecular weight excluding hydrogens is 187 g/mol. The summed E-state index contributed by atoms with van der Waals surface area (Å²) >= 11 is 0. The molecule has 3 nitrogen and oxygen atoms in total. The summed E-state index contributed by atoms with van der Waals surface area (Å²) in [4.78, 5) is 0. The van der Waals surface area contributed by atoms with Crippen LogP contribution in [0.15, 0.2) is 0 Å². The molecule has 0 aromatic heterocycles. The van der Waals surface area contributed by atoms with Gasteiger partial charge in [-0.25, -0.2) is 0 Å². The quantitative estimate of drug-likeness (QED) is 0.665. The van der Waals surface area contributed by atoms with Crippen molar-refractivity contribution in [2.24, 2.45) is 0 Å². The summed E-state index contributed by atoms with van der Waals surface area (Å²) in [7, 11) is -2.36. The maximum Gasteiger partial charge on any atom is 0.211 e. The second-order valence-electron chi connectivity index (χ2n) is 4.00. The van der Waals surface area contributed by atoms with Gasteiger partial charge in [-0.1, -0.05) is 27.7 Å². The summed E-state index contributed by atoms with van der Waals surface area (Å²) in [5, 5.41) is 0. The van der Waals surface area contributed by atoms with Crippen molar-refractivity contribution in [1.29, 1.82) is 0 Å². The molecule has 1 heterocycles. The van der Waals surface area contributed by atoms with Crippen LogP contribution >= 0.6 is 7.14 Å². The van der Waals surface area contributed by atoms with Crippen molar-refractivity contribution in [2.75, 3.05) is 13.2 Å². The molecule has 0 saturated carbocycles. The Balaban J connectivity index is 2.83.